The van der Waals surface area contributed by atoms with E-state index in [2.05, 4.69) is 10.3 Å². The highest BCUT2D eigenvalue weighted by atomic mass is 32.2. The lowest BCUT2D eigenvalue weighted by molar-refractivity contribution is 0.0975. The van der Waals surface area contributed by atoms with Crippen LogP contribution in [0.3, 0.4) is 0 Å². The third-order valence-corrected chi connectivity index (χ3v) is 4.65. The molecule has 0 spiro atoms. The molecule has 1 aromatic heterocycles. The summed E-state index contributed by atoms with van der Waals surface area (Å²) in [7, 11) is -2.34. The van der Waals surface area contributed by atoms with Crippen LogP contribution in [0.15, 0.2) is 41.4 Å². The van der Waals surface area contributed by atoms with Crippen molar-refractivity contribution in [2.45, 2.75) is 4.90 Å². The molecular weight excluding hydrogens is 334 g/mol. The lowest BCUT2D eigenvalue weighted by atomic mass is 10.3. The summed E-state index contributed by atoms with van der Waals surface area (Å²) in [5.41, 5.74) is 0.537. The maximum atomic E-state index is 12.3. The van der Waals surface area contributed by atoms with Gasteiger partial charge in [-0.15, -0.1) is 0 Å². The van der Waals surface area contributed by atoms with E-state index in [1.54, 1.807) is 19.2 Å². The molecule has 3 rings (SSSR count). The van der Waals surface area contributed by atoms with Gasteiger partial charge in [-0.3, -0.25) is 4.79 Å². The van der Waals surface area contributed by atoms with Crippen LogP contribution in [0.4, 0.5) is 5.69 Å². The molecule has 9 heteroatoms. The standard InChI is InChI=1S/C15H15N3O5S/c1-16-10-3-2-4-11(7-10)24(20,21)18-15(19)12-8-13-14(9-17-12)23-6-5-22-13/h2-4,7-9,16H,5-6H2,1H3,(H,18,19). The highest BCUT2D eigenvalue weighted by Gasteiger charge is 2.22. The average Bonchev–Trinajstić information content (AvgIpc) is 2.61. The maximum absolute atomic E-state index is 12.3. The summed E-state index contributed by atoms with van der Waals surface area (Å²) < 4.78 is 37.3. The number of benzene rings is 1. The number of pyridine rings is 1. The van der Waals surface area contributed by atoms with Gasteiger partial charge in [0.2, 0.25) is 0 Å². The summed E-state index contributed by atoms with van der Waals surface area (Å²) in [6, 6.07) is 7.46. The van der Waals surface area contributed by atoms with Gasteiger partial charge in [-0.1, -0.05) is 6.07 Å². The topological polar surface area (TPSA) is 107 Å². The number of nitrogens with one attached hydrogen (secondary N) is 2. The van der Waals surface area contributed by atoms with Gasteiger partial charge in [-0.2, -0.15) is 0 Å². The molecule has 0 aliphatic carbocycles. The van der Waals surface area contributed by atoms with Gasteiger partial charge in [0.1, 0.15) is 18.9 Å². The van der Waals surface area contributed by atoms with E-state index in [9.17, 15) is 13.2 Å². The molecule has 126 valence electrons. The Morgan fingerprint density at radius 2 is 1.92 bits per heavy atom. The second-order valence-corrected chi connectivity index (χ2v) is 6.61. The number of fused-ring (bicyclic) bond motifs is 1. The second-order valence-electron chi connectivity index (χ2n) is 4.93. The SMILES string of the molecule is CNc1cccc(S(=O)(=O)NC(=O)c2cc3c(cn2)OCCO3)c1. The summed E-state index contributed by atoms with van der Waals surface area (Å²) in [6.07, 6.45) is 1.33. The fourth-order valence-corrected chi connectivity index (χ4v) is 3.13. The van der Waals surface area contributed by atoms with Crippen molar-refractivity contribution in [3.63, 3.8) is 0 Å². The van der Waals surface area contributed by atoms with E-state index in [1.807, 2.05) is 4.72 Å². The molecule has 1 aliphatic rings. The molecule has 2 aromatic rings. The molecule has 0 saturated carbocycles. The fraction of sp³-hybridized carbons (Fsp3) is 0.200. The number of rotatable bonds is 4. The van der Waals surface area contributed by atoms with Crippen molar-refractivity contribution < 1.29 is 22.7 Å². The van der Waals surface area contributed by atoms with E-state index in [-0.39, 0.29) is 10.6 Å². The highest BCUT2D eigenvalue weighted by Crippen LogP contribution is 2.29. The molecule has 2 heterocycles. The fourth-order valence-electron chi connectivity index (χ4n) is 2.12. The zero-order chi connectivity index (χ0) is 17.2. The molecule has 0 unspecified atom stereocenters. The molecule has 0 fully saturated rings. The minimum atomic E-state index is -4.01. The zero-order valence-corrected chi connectivity index (χ0v) is 13.6. The van der Waals surface area contributed by atoms with Crippen LogP contribution in [0, 0.1) is 0 Å². The molecule has 1 aliphatic heterocycles. The molecule has 0 atom stereocenters. The molecule has 0 radical (unpaired) electrons. The molecule has 0 saturated heterocycles. The van der Waals surface area contributed by atoms with E-state index in [0.717, 1.165) is 0 Å². The predicted molar refractivity (Wildman–Crippen MR) is 85.9 cm³/mol. The van der Waals surface area contributed by atoms with E-state index in [0.29, 0.717) is 30.4 Å². The number of hydrogen-bond donors (Lipinski definition) is 2. The van der Waals surface area contributed by atoms with Crippen LogP contribution in [0.25, 0.3) is 0 Å². The van der Waals surface area contributed by atoms with Gasteiger partial charge in [0.05, 0.1) is 11.1 Å². The number of aromatic nitrogens is 1. The van der Waals surface area contributed by atoms with Crippen molar-refractivity contribution in [2.24, 2.45) is 0 Å². The normalized spacial score (nSPS) is 13.2. The van der Waals surface area contributed by atoms with Crippen molar-refractivity contribution in [2.75, 3.05) is 25.6 Å². The van der Waals surface area contributed by atoms with Gasteiger partial charge < -0.3 is 14.8 Å². The van der Waals surface area contributed by atoms with Crippen LogP contribution in [-0.2, 0) is 10.0 Å². The number of amides is 1. The summed E-state index contributed by atoms with van der Waals surface area (Å²) in [5.74, 6) is -0.0693. The third-order valence-electron chi connectivity index (χ3n) is 3.32. The minimum Gasteiger partial charge on any atom is -0.486 e. The van der Waals surface area contributed by atoms with Crippen LogP contribution in [0.1, 0.15) is 10.5 Å². The van der Waals surface area contributed by atoms with E-state index in [1.165, 1.54) is 24.4 Å². The maximum Gasteiger partial charge on any atom is 0.283 e. The minimum absolute atomic E-state index is 0.0276. The van der Waals surface area contributed by atoms with Crippen LogP contribution in [0.5, 0.6) is 11.5 Å². The van der Waals surface area contributed by atoms with Crippen molar-refractivity contribution >= 4 is 21.6 Å². The number of nitrogens with zero attached hydrogens (tertiary/aromatic N) is 1. The average molecular weight is 349 g/mol. The third kappa shape index (κ3) is 3.25. The Balaban J connectivity index is 1.83. The number of carbonyl (C=O) groups is 1. The molecular formula is C15H15N3O5S. The summed E-state index contributed by atoms with van der Waals surface area (Å²) in [5, 5.41) is 2.84. The van der Waals surface area contributed by atoms with Crippen molar-refractivity contribution in [3.05, 3.63) is 42.2 Å². The number of carbonyl (C=O) groups excluding carboxylic acids is 1. The Kier molecular flexibility index (Phi) is 4.26. The molecule has 8 nitrogen and oxygen atoms in total. The monoisotopic (exact) mass is 349 g/mol. The Morgan fingerprint density at radius 3 is 2.67 bits per heavy atom. The van der Waals surface area contributed by atoms with Crippen LogP contribution in [0.2, 0.25) is 0 Å². The van der Waals surface area contributed by atoms with Crippen molar-refractivity contribution in [1.29, 1.82) is 0 Å². The number of ether oxygens (including phenoxy) is 2. The van der Waals surface area contributed by atoms with Crippen LogP contribution < -0.4 is 19.5 Å². The molecule has 1 aromatic carbocycles. The Hall–Kier alpha value is -2.81. The van der Waals surface area contributed by atoms with E-state index < -0.39 is 15.9 Å². The van der Waals surface area contributed by atoms with Gasteiger partial charge in [0, 0.05) is 18.8 Å². The van der Waals surface area contributed by atoms with Gasteiger partial charge in [0.15, 0.2) is 11.5 Å². The molecule has 1 amide bonds. The first-order valence-electron chi connectivity index (χ1n) is 7.10. The first-order chi connectivity index (χ1) is 11.5. The lowest BCUT2D eigenvalue weighted by Gasteiger charge is -2.18. The van der Waals surface area contributed by atoms with Gasteiger partial charge in [-0.05, 0) is 18.2 Å². The summed E-state index contributed by atoms with van der Waals surface area (Å²) in [4.78, 5) is 16.1. The van der Waals surface area contributed by atoms with E-state index >= 15 is 0 Å². The highest BCUT2D eigenvalue weighted by molar-refractivity contribution is 7.90. The van der Waals surface area contributed by atoms with Gasteiger partial charge in [0.25, 0.3) is 15.9 Å². The first kappa shape index (κ1) is 16.1. The predicted octanol–water partition coefficient (Wildman–Crippen LogP) is 1.01. The van der Waals surface area contributed by atoms with Crippen molar-refractivity contribution in [1.82, 2.24) is 9.71 Å². The number of hydrogen-bond acceptors (Lipinski definition) is 7. The van der Waals surface area contributed by atoms with Gasteiger partial charge in [-0.25, -0.2) is 18.1 Å². The zero-order valence-electron chi connectivity index (χ0n) is 12.8. The summed E-state index contributed by atoms with van der Waals surface area (Å²) in [6.45, 7) is 0.754. The first-order valence-corrected chi connectivity index (χ1v) is 8.58. The lowest BCUT2D eigenvalue weighted by Crippen LogP contribution is -2.31. The number of anilines is 1. The van der Waals surface area contributed by atoms with Crippen LogP contribution in [-0.4, -0.2) is 39.6 Å². The summed E-state index contributed by atoms with van der Waals surface area (Å²) >= 11 is 0. The smallest absolute Gasteiger partial charge is 0.283 e. The van der Waals surface area contributed by atoms with Crippen molar-refractivity contribution in [3.8, 4) is 11.5 Å². The quantitative estimate of drug-likeness (QED) is 0.848. The Morgan fingerprint density at radius 1 is 1.17 bits per heavy atom. The largest absolute Gasteiger partial charge is 0.486 e. The van der Waals surface area contributed by atoms with Gasteiger partial charge >= 0.3 is 0 Å². The molecule has 24 heavy (non-hydrogen) atoms. The number of sulfonamides is 1. The Bertz CT molecular complexity index is 882. The van der Waals surface area contributed by atoms with Crippen LogP contribution >= 0.6 is 0 Å². The van der Waals surface area contributed by atoms with E-state index in [4.69, 9.17) is 9.47 Å². The Labute approximate surface area is 138 Å². The molecule has 0 bridgehead atoms. The second kappa shape index (κ2) is 6.36. The molecule has 2 N–H and O–H groups in total.